The number of thioether (sulfide) groups is 1. The molecule has 1 unspecified atom stereocenters. The molecule has 4 aliphatic rings. The van der Waals surface area contributed by atoms with Crippen molar-refractivity contribution < 1.29 is 23.3 Å². The number of hydrogen-bond donors (Lipinski definition) is 1. The van der Waals surface area contributed by atoms with Gasteiger partial charge in [-0.3, -0.25) is 19.0 Å². The smallest absolute Gasteiger partial charge is 0.286 e. The second kappa shape index (κ2) is 13.8. The summed E-state index contributed by atoms with van der Waals surface area (Å²) in [4.78, 5) is 29.8. The lowest BCUT2D eigenvalue weighted by Crippen LogP contribution is -2.48. The molecule has 10 nitrogen and oxygen atoms in total. The molecule has 266 valence electrons. The van der Waals surface area contributed by atoms with Crippen molar-refractivity contribution in [2.45, 2.75) is 62.6 Å². The van der Waals surface area contributed by atoms with E-state index in [1.807, 2.05) is 30.8 Å². The van der Waals surface area contributed by atoms with Gasteiger partial charge >= 0.3 is 0 Å². The summed E-state index contributed by atoms with van der Waals surface area (Å²) in [6.07, 6.45) is 10.9. The first-order chi connectivity index (χ1) is 24.0. The lowest BCUT2D eigenvalue weighted by molar-refractivity contribution is 0.0134. The van der Waals surface area contributed by atoms with Crippen LogP contribution in [0, 0.1) is 24.7 Å². The normalized spacial score (nSPS) is 31.7. The van der Waals surface area contributed by atoms with Crippen LogP contribution in [0.1, 0.15) is 70.5 Å². The average molecular weight is 718 g/mol. The first kappa shape index (κ1) is 34.8. The number of fused-ring (bicyclic) bond motifs is 4. The summed E-state index contributed by atoms with van der Waals surface area (Å²) in [5.74, 6) is 1.06. The topological polar surface area (TPSA) is 115 Å². The van der Waals surface area contributed by atoms with Crippen LogP contribution in [0.4, 0.5) is 5.69 Å². The number of aromatic nitrogens is 2. The Morgan fingerprint density at radius 1 is 1.18 bits per heavy atom. The fourth-order valence-corrected chi connectivity index (χ4v) is 11.2. The highest BCUT2D eigenvalue weighted by Crippen LogP contribution is 2.49. The van der Waals surface area contributed by atoms with E-state index in [1.165, 1.54) is 27.6 Å². The number of anilines is 1. The minimum absolute atomic E-state index is 0.0548. The molecule has 1 spiro atoms. The van der Waals surface area contributed by atoms with Gasteiger partial charge in [-0.25, -0.2) is 4.21 Å². The van der Waals surface area contributed by atoms with Gasteiger partial charge < -0.3 is 14.4 Å². The Labute approximate surface area is 299 Å². The number of nitrogens with one attached hydrogen (secondary N) is 1. The highest BCUT2D eigenvalue weighted by Gasteiger charge is 2.45. The minimum atomic E-state index is -3.58. The average Bonchev–Trinajstić information content (AvgIpc) is 3.47. The highest BCUT2D eigenvalue weighted by atomic mass is 32.2. The lowest BCUT2D eigenvalue weighted by atomic mass is 9.70. The third kappa shape index (κ3) is 6.62. The number of benzene rings is 2. The standard InChI is InChI=1S/C38H47N5O5S2/c1-24-9-13-32-27(17-24)15-16-49-38(32)22-43-21-29-10-12-31(29)34(47-5)8-6-7-25(2)26(3)50(46,41-37(45)30-19-39-42(4)20-30)40-36(44)28-11-14-35(48-23-38)33(43)18-28/h6,8-9,11,13-14,17-20,25-26,29,31,34H,7,10,12,15-16,21-23H2,1-5H3,(H,40,41,44,45,46)/b8-6+/t25-,26+,29-,31+,34-,38+,50?/m0/s1. The summed E-state index contributed by atoms with van der Waals surface area (Å²) < 4.78 is 35.7. The maximum atomic E-state index is 14.7. The Bertz CT molecular complexity index is 1950. The van der Waals surface area contributed by atoms with Gasteiger partial charge in [0.15, 0.2) is 0 Å². The van der Waals surface area contributed by atoms with E-state index in [0.717, 1.165) is 43.8 Å². The lowest BCUT2D eigenvalue weighted by Gasteiger charge is -2.45. The summed E-state index contributed by atoms with van der Waals surface area (Å²) in [5, 5.41) is 3.44. The maximum Gasteiger partial charge on any atom is 0.286 e. The molecule has 3 aliphatic heterocycles. The van der Waals surface area contributed by atoms with Gasteiger partial charge in [-0.15, -0.1) is 16.1 Å². The molecule has 2 aromatic carbocycles. The number of nitrogens with zero attached hydrogens (tertiary/aromatic N) is 4. The molecule has 2 amide bonds. The van der Waals surface area contributed by atoms with Gasteiger partial charge in [-0.2, -0.15) is 5.10 Å². The molecule has 1 N–H and O–H groups in total. The van der Waals surface area contributed by atoms with E-state index in [9.17, 15) is 13.8 Å². The van der Waals surface area contributed by atoms with E-state index in [2.05, 4.69) is 56.4 Å². The van der Waals surface area contributed by atoms with Crippen molar-refractivity contribution in [3.05, 3.63) is 88.8 Å². The van der Waals surface area contributed by atoms with Gasteiger partial charge in [0.05, 0.1) is 33.5 Å². The zero-order valence-electron chi connectivity index (χ0n) is 29.5. The third-order valence-electron chi connectivity index (χ3n) is 11.1. The van der Waals surface area contributed by atoms with Crippen LogP contribution in [0.25, 0.3) is 0 Å². The molecule has 50 heavy (non-hydrogen) atoms. The maximum absolute atomic E-state index is 14.7. The SMILES string of the molecule is CO[C@H]1/C=C/C[C@H](C)[C@@H](C)S(=O)(NC(=O)c2cnn(C)c2)=NC(=O)c2ccc3c(c2)N(C[C@@H]2CC[C@H]21)C[C@]1(CO3)SCCc2cc(C)ccc21. The summed E-state index contributed by atoms with van der Waals surface area (Å²) in [6, 6.07) is 12.2. The molecular weight excluding hydrogens is 671 g/mol. The van der Waals surface area contributed by atoms with Crippen LogP contribution in [0.15, 0.2) is 65.3 Å². The number of aryl methyl sites for hydroxylation is 3. The molecule has 1 aliphatic carbocycles. The Hall–Kier alpha value is -3.61. The first-order valence-electron chi connectivity index (χ1n) is 17.5. The number of amides is 2. The number of carbonyl (C=O) groups excluding carboxylic acids is 2. The van der Waals surface area contributed by atoms with Gasteiger partial charge in [0.2, 0.25) is 0 Å². The second-order valence-electron chi connectivity index (χ2n) is 14.5. The third-order valence-corrected chi connectivity index (χ3v) is 15.0. The van der Waals surface area contributed by atoms with Crippen LogP contribution < -0.4 is 14.4 Å². The van der Waals surface area contributed by atoms with Crippen molar-refractivity contribution in [2.24, 2.45) is 29.2 Å². The van der Waals surface area contributed by atoms with Gasteiger partial charge in [0.1, 0.15) is 22.3 Å². The molecule has 4 heterocycles. The summed E-state index contributed by atoms with van der Waals surface area (Å²) in [6.45, 7) is 7.92. The molecule has 12 heteroatoms. The van der Waals surface area contributed by atoms with Crippen molar-refractivity contribution in [1.29, 1.82) is 0 Å². The van der Waals surface area contributed by atoms with Crippen molar-refractivity contribution >= 4 is 39.2 Å². The van der Waals surface area contributed by atoms with Crippen LogP contribution in [-0.2, 0) is 32.9 Å². The molecule has 0 radical (unpaired) electrons. The molecule has 1 fully saturated rings. The zero-order valence-corrected chi connectivity index (χ0v) is 31.1. The highest BCUT2D eigenvalue weighted by molar-refractivity contribution is 8.00. The van der Waals surface area contributed by atoms with Crippen LogP contribution in [0.3, 0.4) is 0 Å². The van der Waals surface area contributed by atoms with Gasteiger partial charge in [-0.05, 0) is 92.4 Å². The van der Waals surface area contributed by atoms with E-state index in [-0.39, 0.29) is 22.3 Å². The van der Waals surface area contributed by atoms with Crippen LogP contribution >= 0.6 is 11.8 Å². The molecular formula is C38H47N5O5S2. The van der Waals surface area contributed by atoms with Gasteiger partial charge in [0.25, 0.3) is 11.8 Å². The Balaban J connectivity index is 1.33. The van der Waals surface area contributed by atoms with Crippen molar-refractivity contribution in [2.75, 3.05) is 37.5 Å². The van der Waals surface area contributed by atoms with Crippen LogP contribution in [-0.4, -0.2) is 69.7 Å². The monoisotopic (exact) mass is 717 g/mol. The molecule has 1 aromatic heterocycles. The predicted octanol–water partition coefficient (Wildman–Crippen LogP) is 6.09. The fourth-order valence-electron chi connectivity index (χ4n) is 7.85. The van der Waals surface area contributed by atoms with Gasteiger partial charge in [-0.1, -0.05) is 42.8 Å². The number of hydrogen-bond acceptors (Lipinski definition) is 8. The van der Waals surface area contributed by atoms with Gasteiger partial charge in [0, 0.05) is 39.0 Å². The second-order valence-corrected chi connectivity index (χ2v) is 18.2. The van der Waals surface area contributed by atoms with E-state index in [4.69, 9.17) is 9.47 Å². The van der Waals surface area contributed by atoms with E-state index in [0.29, 0.717) is 36.2 Å². The van der Waals surface area contributed by atoms with E-state index >= 15 is 0 Å². The fraction of sp³-hybridized carbons (Fsp3) is 0.500. The summed E-state index contributed by atoms with van der Waals surface area (Å²) in [7, 11) is -0.111. The van der Waals surface area contributed by atoms with E-state index < -0.39 is 27.0 Å². The van der Waals surface area contributed by atoms with Crippen LogP contribution in [0.5, 0.6) is 5.75 Å². The molecule has 7 rings (SSSR count). The number of carbonyl (C=O) groups is 2. The minimum Gasteiger partial charge on any atom is -0.490 e. The van der Waals surface area contributed by atoms with Crippen molar-refractivity contribution in [3.63, 3.8) is 0 Å². The first-order valence-corrected chi connectivity index (χ1v) is 20.1. The molecule has 3 aromatic rings. The quantitative estimate of drug-likeness (QED) is 0.324. The van der Waals surface area contributed by atoms with Crippen LogP contribution in [0.2, 0.25) is 0 Å². The Kier molecular flexibility index (Phi) is 9.64. The van der Waals surface area contributed by atoms with Crippen molar-refractivity contribution in [3.8, 4) is 5.75 Å². The number of methoxy groups -OCH3 is 1. The number of ether oxygens (including phenoxy) is 2. The largest absolute Gasteiger partial charge is 0.490 e. The Morgan fingerprint density at radius 3 is 2.76 bits per heavy atom. The van der Waals surface area contributed by atoms with E-state index in [1.54, 1.807) is 33.3 Å². The molecule has 1 saturated carbocycles. The molecule has 2 bridgehead atoms. The Morgan fingerprint density at radius 2 is 2.02 bits per heavy atom. The van der Waals surface area contributed by atoms with Crippen molar-refractivity contribution in [1.82, 2.24) is 14.5 Å². The molecule has 0 saturated heterocycles. The summed E-state index contributed by atoms with van der Waals surface area (Å²) in [5.41, 5.74) is 5.33. The number of rotatable bonds is 3. The zero-order chi connectivity index (χ0) is 35.2. The number of allylic oxidation sites excluding steroid dienone is 1. The summed E-state index contributed by atoms with van der Waals surface area (Å²) >= 11 is 1.96. The molecule has 7 atom stereocenters. The predicted molar refractivity (Wildman–Crippen MR) is 198 cm³/mol.